The molecule has 0 heterocycles. The molecule has 3 nitrogen and oxygen atoms in total. The summed E-state index contributed by atoms with van der Waals surface area (Å²) in [6.45, 7) is 2.89. The first-order chi connectivity index (χ1) is 6.70. The second-order valence-electron chi connectivity index (χ2n) is 4.36. The van der Waals surface area contributed by atoms with Gasteiger partial charge in [-0.3, -0.25) is 0 Å². The molecule has 1 rings (SSSR count). The van der Waals surface area contributed by atoms with Gasteiger partial charge in [-0.15, -0.1) is 0 Å². The van der Waals surface area contributed by atoms with Crippen LogP contribution in [0.4, 0.5) is 0 Å². The van der Waals surface area contributed by atoms with Crippen LogP contribution in [0.15, 0.2) is 0 Å². The monoisotopic (exact) mass is 217 g/mol. The van der Waals surface area contributed by atoms with Crippen molar-refractivity contribution in [2.24, 2.45) is 11.7 Å². The van der Waals surface area contributed by atoms with Crippen LogP contribution in [0.2, 0.25) is 6.55 Å². The highest BCUT2D eigenvalue weighted by Crippen LogP contribution is 2.24. The van der Waals surface area contributed by atoms with Crippen molar-refractivity contribution in [3.8, 4) is 0 Å². The van der Waals surface area contributed by atoms with Crippen LogP contribution >= 0.6 is 0 Å². The molecule has 0 aromatic carbocycles. The predicted molar refractivity (Wildman–Crippen MR) is 60.2 cm³/mol. The van der Waals surface area contributed by atoms with Gasteiger partial charge in [-0.2, -0.15) is 0 Å². The maximum absolute atomic E-state index is 5.86. The summed E-state index contributed by atoms with van der Waals surface area (Å²) < 4.78 is 11.2. The zero-order chi connectivity index (χ0) is 10.4. The van der Waals surface area contributed by atoms with Crippen LogP contribution in [-0.2, 0) is 8.85 Å². The van der Waals surface area contributed by atoms with Crippen molar-refractivity contribution in [3.05, 3.63) is 0 Å². The summed E-state index contributed by atoms with van der Waals surface area (Å²) in [5, 5.41) is 0. The minimum Gasteiger partial charge on any atom is -0.397 e. The Labute approximate surface area is 88.2 Å². The summed E-state index contributed by atoms with van der Waals surface area (Å²) in [4.78, 5) is 0. The Morgan fingerprint density at radius 3 is 2.43 bits per heavy atom. The second kappa shape index (κ2) is 5.85. The standard InChI is InChI=1S/C10H23NO2Si/c1-12-14(2,9-11)13-8-10-6-4-3-5-7-10/h10H,3-9,11H2,1-2H3. The average Bonchev–Trinajstić information content (AvgIpc) is 2.27. The Hall–Kier alpha value is 0.0969. The third-order valence-electron chi connectivity index (χ3n) is 3.15. The Bertz CT molecular complexity index is 156. The first kappa shape index (κ1) is 12.2. The van der Waals surface area contributed by atoms with Gasteiger partial charge >= 0.3 is 8.56 Å². The van der Waals surface area contributed by atoms with Crippen LogP contribution in [0.5, 0.6) is 0 Å². The Morgan fingerprint density at radius 2 is 1.93 bits per heavy atom. The van der Waals surface area contributed by atoms with Crippen molar-refractivity contribution in [2.45, 2.75) is 38.7 Å². The summed E-state index contributed by atoms with van der Waals surface area (Å²) in [6.07, 6.45) is 7.31. The summed E-state index contributed by atoms with van der Waals surface area (Å²) in [5.41, 5.74) is 5.64. The summed E-state index contributed by atoms with van der Waals surface area (Å²) in [5.74, 6) is 0.747. The van der Waals surface area contributed by atoms with E-state index in [9.17, 15) is 0 Å². The smallest absolute Gasteiger partial charge is 0.348 e. The first-order valence-corrected chi connectivity index (χ1v) is 8.12. The molecule has 0 amide bonds. The molecule has 1 aliphatic rings. The van der Waals surface area contributed by atoms with E-state index >= 15 is 0 Å². The lowest BCUT2D eigenvalue weighted by atomic mass is 9.90. The van der Waals surface area contributed by atoms with Gasteiger partial charge in [0.15, 0.2) is 0 Å². The summed E-state index contributed by atoms with van der Waals surface area (Å²) in [7, 11) is -0.295. The van der Waals surface area contributed by atoms with Crippen LogP contribution in [0.25, 0.3) is 0 Å². The van der Waals surface area contributed by atoms with Crippen LogP contribution in [0.3, 0.4) is 0 Å². The lowest BCUT2D eigenvalue weighted by Crippen LogP contribution is -2.46. The number of rotatable bonds is 5. The molecule has 0 bridgehead atoms. The highest BCUT2D eigenvalue weighted by Gasteiger charge is 2.29. The Kier molecular flexibility index (Phi) is 5.09. The number of hydrogen-bond acceptors (Lipinski definition) is 3. The molecule has 0 radical (unpaired) electrons. The van der Waals surface area contributed by atoms with E-state index in [1.807, 2.05) is 6.55 Å². The van der Waals surface area contributed by atoms with Crippen LogP contribution in [-0.4, -0.2) is 28.4 Å². The molecule has 4 heteroatoms. The Morgan fingerprint density at radius 1 is 1.29 bits per heavy atom. The van der Waals surface area contributed by atoms with Crippen molar-refractivity contribution in [1.29, 1.82) is 0 Å². The van der Waals surface area contributed by atoms with E-state index in [1.54, 1.807) is 7.11 Å². The molecule has 0 spiro atoms. The van der Waals surface area contributed by atoms with Crippen molar-refractivity contribution in [2.75, 3.05) is 19.9 Å². The quantitative estimate of drug-likeness (QED) is 0.714. The molecular weight excluding hydrogens is 194 g/mol. The molecule has 1 atom stereocenters. The van der Waals surface area contributed by atoms with Gasteiger partial charge < -0.3 is 14.6 Å². The van der Waals surface area contributed by atoms with Crippen molar-refractivity contribution in [3.63, 3.8) is 0 Å². The molecular formula is C10H23NO2Si. The maximum atomic E-state index is 5.86. The molecule has 0 saturated heterocycles. The minimum absolute atomic E-state index is 0.552. The molecule has 2 N–H and O–H groups in total. The van der Waals surface area contributed by atoms with Gasteiger partial charge in [-0.1, -0.05) is 19.3 Å². The van der Waals surface area contributed by atoms with E-state index in [-0.39, 0.29) is 0 Å². The SMILES string of the molecule is CO[Si](C)(CN)OCC1CCCCC1. The van der Waals surface area contributed by atoms with Gasteiger partial charge in [0.05, 0.1) is 0 Å². The van der Waals surface area contributed by atoms with Gasteiger partial charge in [0.2, 0.25) is 0 Å². The fourth-order valence-electron chi connectivity index (χ4n) is 1.85. The summed E-state index contributed by atoms with van der Waals surface area (Å²) >= 11 is 0. The highest BCUT2D eigenvalue weighted by atomic mass is 28.4. The van der Waals surface area contributed by atoms with Gasteiger partial charge in [-0.25, -0.2) is 0 Å². The molecule has 0 aliphatic heterocycles. The number of nitrogens with two attached hydrogens (primary N) is 1. The molecule has 0 aromatic rings. The van der Waals surface area contributed by atoms with Crippen LogP contribution in [0, 0.1) is 5.92 Å². The lowest BCUT2D eigenvalue weighted by molar-refractivity contribution is 0.152. The van der Waals surface area contributed by atoms with E-state index < -0.39 is 8.56 Å². The largest absolute Gasteiger partial charge is 0.397 e. The van der Waals surface area contributed by atoms with Crippen molar-refractivity contribution >= 4 is 8.56 Å². The van der Waals surface area contributed by atoms with E-state index in [0.29, 0.717) is 6.17 Å². The fraction of sp³-hybridized carbons (Fsp3) is 1.00. The topological polar surface area (TPSA) is 44.5 Å². The Balaban J connectivity index is 2.23. The van der Waals surface area contributed by atoms with Crippen molar-refractivity contribution < 1.29 is 8.85 Å². The van der Waals surface area contributed by atoms with Crippen molar-refractivity contribution in [1.82, 2.24) is 0 Å². The maximum Gasteiger partial charge on any atom is 0.348 e. The van der Waals surface area contributed by atoms with Gasteiger partial charge in [0, 0.05) is 19.9 Å². The third-order valence-corrected chi connectivity index (χ3v) is 5.53. The molecule has 14 heavy (non-hydrogen) atoms. The molecule has 1 unspecified atom stereocenters. The zero-order valence-electron chi connectivity index (χ0n) is 9.42. The lowest BCUT2D eigenvalue weighted by Gasteiger charge is -2.28. The van der Waals surface area contributed by atoms with E-state index in [2.05, 4.69) is 0 Å². The molecule has 0 aromatic heterocycles. The van der Waals surface area contributed by atoms with E-state index in [4.69, 9.17) is 14.6 Å². The van der Waals surface area contributed by atoms with Crippen LogP contribution in [0.1, 0.15) is 32.1 Å². The van der Waals surface area contributed by atoms with Crippen LogP contribution < -0.4 is 5.73 Å². The molecule has 1 fully saturated rings. The first-order valence-electron chi connectivity index (χ1n) is 5.59. The van der Waals surface area contributed by atoms with Gasteiger partial charge in [0.1, 0.15) is 0 Å². The fourth-order valence-corrected chi connectivity index (χ4v) is 2.84. The van der Waals surface area contributed by atoms with E-state index in [0.717, 1.165) is 12.5 Å². The summed E-state index contributed by atoms with van der Waals surface area (Å²) in [6, 6.07) is 0. The minimum atomic E-state index is -2.00. The van der Waals surface area contributed by atoms with Gasteiger partial charge in [0.25, 0.3) is 0 Å². The highest BCUT2D eigenvalue weighted by molar-refractivity contribution is 6.66. The number of hydrogen-bond donors (Lipinski definition) is 1. The molecule has 1 aliphatic carbocycles. The average molecular weight is 217 g/mol. The molecule has 84 valence electrons. The normalized spacial score (nSPS) is 23.4. The molecule has 1 saturated carbocycles. The third kappa shape index (κ3) is 3.69. The van der Waals surface area contributed by atoms with Gasteiger partial charge in [-0.05, 0) is 25.3 Å². The predicted octanol–water partition coefficient (Wildman–Crippen LogP) is 1.80. The van der Waals surface area contributed by atoms with E-state index in [1.165, 1.54) is 32.1 Å². The zero-order valence-corrected chi connectivity index (χ0v) is 10.4. The second-order valence-corrected chi connectivity index (χ2v) is 7.73.